The Morgan fingerprint density at radius 2 is 1.64 bits per heavy atom. The van der Waals surface area contributed by atoms with Gasteiger partial charge >= 0.3 is 0 Å². The first-order valence-electron chi connectivity index (χ1n) is 9.48. The van der Waals surface area contributed by atoms with Crippen molar-refractivity contribution in [1.29, 1.82) is 0 Å². The Morgan fingerprint density at radius 3 is 2.18 bits per heavy atom. The van der Waals surface area contributed by atoms with Gasteiger partial charge in [0.2, 0.25) is 0 Å². The predicted molar refractivity (Wildman–Crippen MR) is 106 cm³/mol. The third-order valence-electron chi connectivity index (χ3n) is 4.90. The number of rotatable bonds is 7. The quantitative estimate of drug-likeness (QED) is 0.644. The van der Waals surface area contributed by atoms with Crippen molar-refractivity contribution in [1.82, 2.24) is 20.1 Å². The maximum absolute atomic E-state index is 12.4. The largest absolute Gasteiger partial charge is 0.348 e. The molecule has 0 aliphatic heterocycles. The Labute approximate surface area is 163 Å². The van der Waals surface area contributed by atoms with E-state index in [4.69, 9.17) is 0 Å². The Morgan fingerprint density at radius 1 is 1.04 bits per heavy atom. The van der Waals surface area contributed by atoms with Crippen molar-refractivity contribution in [2.24, 2.45) is 5.92 Å². The second-order valence-electron chi connectivity index (χ2n) is 7.29. The summed E-state index contributed by atoms with van der Waals surface area (Å²) >= 11 is 0. The zero-order chi connectivity index (χ0) is 19.5. The van der Waals surface area contributed by atoms with Gasteiger partial charge < -0.3 is 5.32 Å². The molecular weight excluding hydrogens is 352 g/mol. The van der Waals surface area contributed by atoms with Gasteiger partial charge in [0.25, 0.3) is 5.91 Å². The van der Waals surface area contributed by atoms with Gasteiger partial charge in [-0.2, -0.15) is 5.10 Å². The lowest BCUT2D eigenvalue weighted by atomic mass is 10.00. The van der Waals surface area contributed by atoms with Crippen LogP contribution >= 0.6 is 0 Å². The average molecular weight is 374 g/mol. The van der Waals surface area contributed by atoms with Crippen LogP contribution in [-0.2, 0) is 6.54 Å². The SMILES string of the molecule is C[C@H](Cn1cncn1)NC(=O)c1ccc(-c2ccc(C(=O)C3CC3)cc2)cc1. The minimum Gasteiger partial charge on any atom is -0.348 e. The van der Waals surface area contributed by atoms with Gasteiger partial charge in [-0.1, -0.05) is 36.4 Å². The van der Waals surface area contributed by atoms with E-state index in [1.165, 1.54) is 6.33 Å². The maximum Gasteiger partial charge on any atom is 0.251 e. The standard InChI is InChI=1S/C22H22N4O2/c1-15(12-26-14-23-13-24-26)25-22(28)20-10-4-17(5-11-20)16-2-6-18(7-3-16)21(27)19-8-9-19/h2-7,10-11,13-15,19H,8-9,12H2,1H3,(H,25,28)/t15-/m1/s1. The van der Waals surface area contributed by atoms with Crippen molar-refractivity contribution in [2.75, 3.05) is 0 Å². The molecule has 28 heavy (non-hydrogen) atoms. The molecule has 0 bridgehead atoms. The summed E-state index contributed by atoms with van der Waals surface area (Å²) in [6.45, 7) is 2.49. The van der Waals surface area contributed by atoms with E-state index < -0.39 is 0 Å². The van der Waals surface area contributed by atoms with E-state index in [0.29, 0.717) is 12.1 Å². The molecule has 1 saturated carbocycles. The summed E-state index contributed by atoms with van der Waals surface area (Å²) in [6, 6.07) is 15.1. The van der Waals surface area contributed by atoms with Gasteiger partial charge in [-0.05, 0) is 43.0 Å². The predicted octanol–water partition coefficient (Wildman–Crippen LogP) is 3.36. The molecule has 1 heterocycles. The molecule has 6 nitrogen and oxygen atoms in total. The second kappa shape index (κ2) is 7.76. The number of Topliss-reactive ketones (excluding diaryl/α,β-unsaturated/α-hetero) is 1. The summed E-state index contributed by atoms with van der Waals surface area (Å²) in [5.41, 5.74) is 3.43. The van der Waals surface area contributed by atoms with E-state index in [9.17, 15) is 9.59 Å². The number of amides is 1. The van der Waals surface area contributed by atoms with Crippen LogP contribution in [0.1, 0.15) is 40.5 Å². The molecule has 3 aromatic rings. The number of nitrogens with one attached hydrogen (secondary N) is 1. The molecule has 4 rings (SSSR count). The molecule has 1 fully saturated rings. The zero-order valence-electron chi connectivity index (χ0n) is 15.7. The summed E-state index contributed by atoms with van der Waals surface area (Å²) in [5.74, 6) is 0.360. The van der Waals surface area contributed by atoms with Crippen molar-refractivity contribution in [3.05, 3.63) is 72.3 Å². The molecule has 1 N–H and O–H groups in total. The van der Waals surface area contributed by atoms with Crippen LogP contribution in [0.4, 0.5) is 0 Å². The number of carbonyl (C=O) groups excluding carboxylic acids is 2. The highest BCUT2D eigenvalue weighted by molar-refractivity contribution is 5.99. The van der Waals surface area contributed by atoms with Gasteiger partial charge in [0.05, 0.1) is 6.54 Å². The van der Waals surface area contributed by atoms with Gasteiger partial charge in [-0.3, -0.25) is 14.3 Å². The third kappa shape index (κ3) is 4.17. The zero-order valence-corrected chi connectivity index (χ0v) is 15.7. The first kappa shape index (κ1) is 18.1. The number of ketones is 1. The lowest BCUT2D eigenvalue weighted by Crippen LogP contribution is -2.35. The second-order valence-corrected chi connectivity index (χ2v) is 7.29. The summed E-state index contributed by atoms with van der Waals surface area (Å²) in [6.07, 6.45) is 5.13. The molecule has 0 saturated heterocycles. The first-order valence-corrected chi connectivity index (χ1v) is 9.48. The van der Waals surface area contributed by atoms with Crippen molar-refractivity contribution < 1.29 is 9.59 Å². The lowest BCUT2D eigenvalue weighted by Gasteiger charge is -2.14. The molecule has 1 aliphatic rings. The number of hydrogen-bond donors (Lipinski definition) is 1. The van der Waals surface area contributed by atoms with E-state index in [-0.39, 0.29) is 23.7 Å². The van der Waals surface area contributed by atoms with Gasteiger partial charge in [-0.25, -0.2) is 4.98 Å². The van der Waals surface area contributed by atoms with Crippen LogP contribution in [0.3, 0.4) is 0 Å². The number of benzene rings is 2. The average Bonchev–Trinajstić information content (AvgIpc) is 3.45. The fourth-order valence-electron chi connectivity index (χ4n) is 3.18. The van der Waals surface area contributed by atoms with Gasteiger partial charge in [0.15, 0.2) is 5.78 Å². The lowest BCUT2D eigenvalue weighted by molar-refractivity contribution is 0.0934. The molecule has 1 amide bonds. The normalized spacial score (nSPS) is 14.5. The van der Waals surface area contributed by atoms with Crippen molar-refractivity contribution >= 4 is 11.7 Å². The van der Waals surface area contributed by atoms with Crippen LogP contribution in [0.2, 0.25) is 0 Å². The van der Waals surface area contributed by atoms with Crippen LogP contribution in [0.5, 0.6) is 0 Å². The van der Waals surface area contributed by atoms with Crippen LogP contribution < -0.4 is 5.32 Å². The maximum atomic E-state index is 12.4. The topological polar surface area (TPSA) is 76.9 Å². The highest BCUT2D eigenvalue weighted by Gasteiger charge is 2.30. The molecule has 0 unspecified atom stereocenters. The summed E-state index contributed by atoms with van der Waals surface area (Å²) in [4.78, 5) is 28.4. The van der Waals surface area contributed by atoms with E-state index in [1.807, 2.05) is 55.5 Å². The van der Waals surface area contributed by atoms with Crippen LogP contribution in [0.15, 0.2) is 61.2 Å². The minimum absolute atomic E-state index is 0.0644. The highest BCUT2D eigenvalue weighted by atomic mass is 16.1. The molecular formula is C22H22N4O2. The van der Waals surface area contributed by atoms with Gasteiger partial charge in [0, 0.05) is 23.1 Å². The molecule has 142 valence electrons. The molecule has 1 aliphatic carbocycles. The van der Waals surface area contributed by atoms with Crippen molar-refractivity contribution in [3.8, 4) is 11.1 Å². The number of hydrogen-bond acceptors (Lipinski definition) is 4. The Balaban J connectivity index is 1.38. The van der Waals surface area contributed by atoms with E-state index >= 15 is 0 Å². The fraction of sp³-hybridized carbons (Fsp3) is 0.273. The fourth-order valence-corrected chi connectivity index (χ4v) is 3.18. The van der Waals surface area contributed by atoms with Crippen LogP contribution in [-0.4, -0.2) is 32.5 Å². The van der Waals surface area contributed by atoms with E-state index in [1.54, 1.807) is 11.0 Å². The minimum atomic E-state index is -0.121. The van der Waals surface area contributed by atoms with Crippen LogP contribution in [0, 0.1) is 5.92 Å². The van der Waals surface area contributed by atoms with Crippen molar-refractivity contribution in [3.63, 3.8) is 0 Å². The first-order chi connectivity index (χ1) is 13.6. The smallest absolute Gasteiger partial charge is 0.251 e. The summed E-state index contributed by atoms with van der Waals surface area (Å²) < 4.78 is 1.69. The summed E-state index contributed by atoms with van der Waals surface area (Å²) in [7, 11) is 0. The molecule has 0 spiro atoms. The van der Waals surface area contributed by atoms with Gasteiger partial charge in [0.1, 0.15) is 12.7 Å². The summed E-state index contributed by atoms with van der Waals surface area (Å²) in [5, 5.41) is 7.01. The molecule has 1 aromatic heterocycles. The van der Waals surface area contributed by atoms with Crippen molar-refractivity contribution in [2.45, 2.75) is 32.4 Å². The monoisotopic (exact) mass is 374 g/mol. The highest BCUT2D eigenvalue weighted by Crippen LogP contribution is 2.33. The third-order valence-corrected chi connectivity index (χ3v) is 4.90. The Bertz CT molecular complexity index is 959. The van der Waals surface area contributed by atoms with Crippen LogP contribution in [0.25, 0.3) is 11.1 Å². The molecule has 1 atom stereocenters. The Kier molecular flexibility index (Phi) is 5.02. The number of nitrogens with zero attached hydrogens (tertiary/aromatic N) is 3. The molecule has 0 radical (unpaired) electrons. The molecule has 2 aromatic carbocycles. The number of aromatic nitrogens is 3. The van der Waals surface area contributed by atoms with Gasteiger partial charge in [-0.15, -0.1) is 0 Å². The number of carbonyl (C=O) groups is 2. The van der Waals surface area contributed by atoms with E-state index in [0.717, 1.165) is 29.5 Å². The molecule has 6 heteroatoms. The Hall–Kier alpha value is -3.28. The van der Waals surface area contributed by atoms with E-state index in [2.05, 4.69) is 15.4 Å².